The summed E-state index contributed by atoms with van der Waals surface area (Å²) >= 11 is 0. The molecule has 3 rings (SSSR count). The summed E-state index contributed by atoms with van der Waals surface area (Å²) in [6.07, 6.45) is 0. The van der Waals surface area contributed by atoms with Crippen molar-refractivity contribution in [3.05, 3.63) is 65.7 Å². The molecule has 2 nitrogen and oxygen atoms in total. The molecule has 0 amide bonds. The number of para-hydroxylation sites is 1. The molecule has 0 atom stereocenters. The van der Waals surface area contributed by atoms with E-state index in [1.165, 1.54) is 16.3 Å². The molecule has 0 spiro atoms. The average molecular weight is 262 g/mol. The van der Waals surface area contributed by atoms with E-state index >= 15 is 0 Å². The molecule has 3 aromatic carbocycles. The lowest BCUT2D eigenvalue weighted by Gasteiger charge is -2.13. The zero-order valence-corrected chi connectivity index (χ0v) is 11.8. The number of hydrogen-bond acceptors (Lipinski definition) is 2. The number of nitrogen functional groups attached to an aromatic ring is 1. The first-order valence-corrected chi connectivity index (χ1v) is 6.76. The molecule has 0 fully saturated rings. The van der Waals surface area contributed by atoms with E-state index in [9.17, 15) is 0 Å². The summed E-state index contributed by atoms with van der Waals surface area (Å²) in [4.78, 5) is 0. The van der Waals surface area contributed by atoms with Crippen molar-refractivity contribution in [2.24, 2.45) is 0 Å². The first-order chi connectivity index (χ1) is 9.63. The van der Waals surface area contributed by atoms with Gasteiger partial charge >= 0.3 is 0 Å². The Kier molecular flexibility index (Phi) is 3.07. The summed E-state index contributed by atoms with van der Waals surface area (Å²) in [6.45, 7) is 4.17. The zero-order chi connectivity index (χ0) is 14.1. The molecule has 0 aromatic heterocycles. The van der Waals surface area contributed by atoms with E-state index in [4.69, 9.17) is 5.73 Å². The highest BCUT2D eigenvalue weighted by molar-refractivity contribution is 5.88. The number of anilines is 3. The fraction of sp³-hybridized carbons (Fsp3) is 0.111. The van der Waals surface area contributed by atoms with E-state index in [2.05, 4.69) is 61.6 Å². The molecule has 0 saturated heterocycles. The highest BCUT2D eigenvalue weighted by Gasteiger charge is 2.03. The van der Waals surface area contributed by atoms with Gasteiger partial charge in [-0.05, 0) is 48.4 Å². The van der Waals surface area contributed by atoms with E-state index in [0.717, 1.165) is 22.6 Å². The fourth-order valence-corrected chi connectivity index (χ4v) is 2.45. The quantitative estimate of drug-likeness (QED) is 0.652. The van der Waals surface area contributed by atoms with Crippen molar-refractivity contribution >= 4 is 27.8 Å². The van der Waals surface area contributed by atoms with Crippen molar-refractivity contribution in [3.63, 3.8) is 0 Å². The minimum atomic E-state index is 0.772. The lowest BCUT2D eigenvalue weighted by atomic mass is 10.1. The highest BCUT2D eigenvalue weighted by Crippen LogP contribution is 2.28. The van der Waals surface area contributed by atoms with Crippen molar-refractivity contribution < 1.29 is 0 Å². The largest absolute Gasteiger partial charge is 0.397 e. The molecule has 0 bridgehead atoms. The number of aryl methyl sites for hydroxylation is 2. The number of benzene rings is 3. The summed E-state index contributed by atoms with van der Waals surface area (Å²) in [5.41, 5.74) is 11.3. The summed E-state index contributed by atoms with van der Waals surface area (Å²) in [7, 11) is 0. The molecular weight excluding hydrogens is 244 g/mol. The van der Waals surface area contributed by atoms with Crippen LogP contribution in [0.1, 0.15) is 11.1 Å². The molecule has 2 heteroatoms. The Hall–Kier alpha value is -2.48. The molecule has 3 N–H and O–H groups in total. The fourth-order valence-electron chi connectivity index (χ4n) is 2.45. The topological polar surface area (TPSA) is 38.0 Å². The van der Waals surface area contributed by atoms with Crippen LogP contribution in [0.25, 0.3) is 10.8 Å². The second-order valence-electron chi connectivity index (χ2n) is 5.23. The number of nitrogens with two attached hydrogens (primary N) is 1. The molecule has 0 heterocycles. The predicted octanol–water partition coefficient (Wildman–Crippen LogP) is 4.78. The predicted molar refractivity (Wildman–Crippen MR) is 87.6 cm³/mol. The molecule has 3 aromatic rings. The van der Waals surface area contributed by atoms with Crippen molar-refractivity contribution in [2.45, 2.75) is 13.8 Å². The second kappa shape index (κ2) is 4.89. The van der Waals surface area contributed by atoms with Gasteiger partial charge in [-0.2, -0.15) is 0 Å². The molecular formula is C18H18N2. The van der Waals surface area contributed by atoms with E-state index in [0.29, 0.717) is 0 Å². The first-order valence-electron chi connectivity index (χ1n) is 6.76. The van der Waals surface area contributed by atoms with Gasteiger partial charge in [-0.3, -0.25) is 0 Å². The average Bonchev–Trinajstić information content (AvgIpc) is 2.43. The monoisotopic (exact) mass is 262 g/mol. The van der Waals surface area contributed by atoms with Gasteiger partial charge < -0.3 is 11.1 Å². The Morgan fingerprint density at radius 3 is 2.40 bits per heavy atom. The summed E-state index contributed by atoms with van der Waals surface area (Å²) in [5, 5.41) is 5.91. The minimum absolute atomic E-state index is 0.772. The second-order valence-corrected chi connectivity index (χ2v) is 5.23. The lowest BCUT2D eigenvalue weighted by molar-refractivity contribution is 1.43. The number of fused-ring (bicyclic) bond motifs is 1. The third-order valence-electron chi connectivity index (χ3n) is 3.57. The molecule has 100 valence electrons. The van der Waals surface area contributed by atoms with Gasteiger partial charge in [0.2, 0.25) is 0 Å². The van der Waals surface area contributed by atoms with Crippen molar-refractivity contribution in [1.82, 2.24) is 0 Å². The third kappa shape index (κ3) is 2.32. The van der Waals surface area contributed by atoms with Crippen LogP contribution in [0, 0.1) is 13.8 Å². The highest BCUT2D eigenvalue weighted by atomic mass is 14.9. The number of rotatable bonds is 2. The van der Waals surface area contributed by atoms with Crippen molar-refractivity contribution in [2.75, 3.05) is 11.1 Å². The summed E-state index contributed by atoms with van der Waals surface area (Å²) < 4.78 is 0. The van der Waals surface area contributed by atoms with Crippen LogP contribution in [0.5, 0.6) is 0 Å². The van der Waals surface area contributed by atoms with Crippen LogP contribution < -0.4 is 11.1 Å². The van der Waals surface area contributed by atoms with Gasteiger partial charge in [0.25, 0.3) is 0 Å². The molecule has 0 unspecified atom stereocenters. The maximum atomic E-state index is 6.04. The van der Waals surface area contributed by atoms with E-state index < -0.39 is 0 Å². The number of nitrogens with one attached hydrogen (secondary N) is 1. The van der Waals surface area contributed by atoms with Gasteiger partial charge in [-0.25, -0.2) is 0 Å². The van der Waals surface area contributed by atoms with Crippen molar-refractivity contribution in [3.8, 4) is 0 Å². The molecule has 0 saturated carbocycles. The standard InChI is InChI=1S/C18H18N2/c1-12-6-7-15-11-16(9-8-14(15)10-12)20-18-13(2)4-3-5-17(18)19/h3-11,20H,19H2,1-2H3. The Bertz CT molecular complexity index is 755. The Morgan fingerprint density at radius 2 is 1.60 bits per heavy atom. The maximum Gasteiger partial charge on any atom is 0.0647 e. The van der Waals surface area contributed by atoms with Crippen LogP contribution in [-0.2, 0) is 0 Å². The van der Waals surface area contributed by atoms with Crippen LogP contribution in [0.15, 0.2) is 54.6 Å². The van der Waals surface area contributed by atoms with E-state index in [1.807, 2.05) is 12.1 Å². The smallest absolute Gasteiger partial charge is 0.0647 e. The SMILES string of the molecule is Cc1ccc2cc(Nc3c(C)cccc3N)ccc2c1. The molecule has 0 aliphatic heterocycles. The van der Waals surface area contributed by atoms with Gasteiger partial charge in [0, 0.05) is 5.69 Å². The van der Waals surface area contributed by atoms with Gasteiger partial charge in [-0.1, -0.05) is 42.0 Å². The molecule has 0 radical (unpaired) electrons. The van der Waals surface area contributed by atoms with Crippen LogP contribution in [0.3, 0.4) is 0 Å². The first kappa shape index (κ1) is 12.5. The van der Waals surface area contributed by atoms with Crippen LogP contribution in [-0.4, -0.2) is 0 Å². The van der Waals surface area contributed by atoms with Crippen molar-refractivity contribution in [1.29, 1.82) is 0 Å². The lowest BCUT2D eigenvalue weighted by Crippen LogP contribution is -1.98. The summed E-state index contributed by atoms with van der Waals surface area (Å²) in [5.74, 6) is 0. The van der Waals surface area contributed by atoms with Crippen LogP contribution >= 0.6 is 0 Å². The Morgan fingerprint density at radius 1 is 0.850 bits per heavy atom. The summed E-state index contributed by atoms with van der Waals surface area (Å²) in [6, 6.07) is 18.8. The van der Waals surface area contributed by atoms with E-state index in [1.54, 1.807) is 0 Å². The Balaban J connectivity index is 2.01. The minimum Gasteiger partial charge on any atom is -0.397 e. The molecule has 0 aliphatic carbocycles. The Labute approximate surface area is 119 Å². The third-order valence-corrected chi connectivity index (χ3v) is 3.57. The number of hydrogen-bond donors (Lipinski definition) is 2. The van der Waals surface area contributed by atoms with Gasteiger partial charge in [0.1, 0.15) is 0 Å². The van der Waals surface area contributed by atoms with Crippen LogP contribution in [0.2, 0.25) is 0 Å². The van der Waals surface area contributed by atoms with E-state index in [-0.39, 0.29) is 0 Å². The maximum absolute atomic E-state index is 6.04. The van der Waals surface area contributed by atoms with Gasteiger partial charge in [0.05, 0.1) is 11.4 Å². The molecule has 20 heavy (non-hydrogen) atoms. The molecule has 0 aliphatic rings. The zero-order valence-electron chi connectivity index (χ0n) is 11.8. The normalized spacial score (nSPS) is 10.7. The van der Waals surface area contributed by atoms with Gasteiger partial charge in [-0.15, -0.1) is 0 Å². The van der Waals surface area contributed by atoms with Crippen LogP contribution in [0.4, 0.5) is 17.1 Å². The van der Waals surface area contributed by atoms with Gasteiger partial charge in [0.15, 0.2) is 0 Å².